The van der Waals surface area contributed by atoms with Crippen LogP contribution in [0.3, 0.4) is 0 Å². The molecule has 0 aliphatic heterocycles. The molecule has 0 saturated heterocycles. The van der Waals surface area contributed by atoms with Crippen LogP contribution in [0.25, 0.3) is 144 Å². The van der Waals surface area contributed by atoms with Crippen molar-refractivity contribution in [3.05, 3.63) is 431 Å². The normalized spacial score (nSPS) is 26.0. The highest BCUT2D eigenvalue weighted by molar-refractivity contribution is 7.18. The van der Waals surface area contributed by atoms with Crippen molar-refractivity contribution < 1.29 is 4.42 Å². The van der Waals surface area contributed by atoms with Crippen LogP contribution in [0.4, 0.5) is 0 Å². The van der Waals surface area contributed by atoms with E-state index < -0.39 is 0 Å². The number of benzene rings is 16. The average molecular weight is 1900 g/mol. The maximum absolute atomic E-state index is 6.10. The Bertz CT molecular complexity index is 8340. The summed E-state index contributed by atoms with van der Waals surface area (Å²) >= 11 is 1.67. The van der Waals surface area contributed by atoms with Crippen molar-refractivity contribution in [3.63, 3.8) is 0 Å². The van der Waals surface area contributed by atoms with Crippen LogP contribution in [0.2, 0.25) is 0 Å². The van der Waals surface area contributed by atoms with Gasteiger partial charge in [0.15, 0.2) is 0 Å². The zero-order valence-corrected chi connectivity index (χ0v) is 84.5. The fraction of sp³-hybridized carbons (Fsp3) is 0.285. The second-order valence-electron chi connectivity index (χ2n) is 47.3. The van der Waals surface area contributed by atoms with E-state index in [1.807, 2.05) is 60.7 Å². The van der Waals surface area contributed by atoms with Crippen LogP contribution in [0, 0.1) is 71.0 Å². The van der Waals surface area contributed by atoms with E-state index in [-0.39, 0.29) is 32.5 Å². The van der Waals surface area contributed by atoms with E-state index in [4.69, 9.17) is 14.4 Å². The molecule has 15 aliphatic rings. The zero-order valence-electron chi connectivity index (χ0n) is 83.7. The van der Waals surface area contributed by atoms with E-state index in [1.54, 1.807) is 72.5 Å². The maximum atomic E-state index is 6.10. The lowest BCUT2D eigenvalue weighted by Gasteiger charge is -2.64. The monoisotopic (exact) mass is 1900 g/mol. The van der Waals surface area contributed by atoms with Crippen molar-refractivity contribution in [2.75, 3.05) is 0 Å². The van der Waals surface area contributed by atoms with Crippen LogP contribution in [-0.4, -0.2) is 30.4 Å². The molecular weight excluding hydrogens is 1780 g/mol. The molecule has 7 nitrogen and oxygen atoms in total. The molecule has 12 bridgehead atoms. The first-order valence-corrected chi connectivity index (χ1v) is 54.9. The Hall–Kier alpha value is -13.9. The third-order valence-corrected chi connectivity index (χ3v) is 39.9. The standard InChI is InChI=1S/C49H42N2.C45H40N2O.C43H38N2S/c1-48(2)40-12-6-7-13-41(40)49(38-23-30-22-31(25-38)26-39(49)24-30)42-21-20-36(29-43(42)48)34-16-17-35-28-37(19-18-33(35)27-34)47-46(32-10-4-3-5-11-32)50-44-14-8-9-15-45(44)51-47;1-44(2)38-16-6-7-17-39(38)45(36-21-28-20-29(23-36)24-37(45)22-28)40-19-18-34(27-41(40)44)32-13-8-12-31(25-32)33-14-9-15-35(26-33)43-47-46-42(48-43)30-10-4-3-5-11-30;1-42(2)36-14-8-9-15-37(36)43(30-21-26-20-27(23-30)24-31(43)22-26)38-19-16-29(25-39(38)42)32-17-18-35(34-13-7-6-12-33(32)34)41-45-44-40(46-41)28-10-4-3-5-11-28/h3-21,27-31,38-39H,22-26H2,1-2H3;3-19,25-29,36-37H,20-24H2,1-2H3;3-19,25-27,30-31H,20-24H2,1-2H3. The molecule has 19 aromatic rings. The molecule has 3 heterocycles. The molecule has 0 amide bonds. The lowest BCUT2D eigenvalue weighted by molar-refractivity contribution is -0.0443. The van der Waals surface area contributed by atoms with Crippen LogP contribution in [0.5, 0.6) is 0 Å². The third-order valence-electron chi connectivity index (χ3n) is 38.9. The zero-order chi connectivity index (χ0) is 96.6. The van der Waals surface area contributed by atoms with Gasteiger partial charge in [-0.05, 0) is 373 Å². The van der Waals surface area contributed by atoms with Gasteiger partial charge >= 0.3 is 0 Å². The Morgan fingerprint density at radius 1 is 0.214 bits per heavy atom. The van der Waals surface area contributed by atoms with Gasteiger partial charge in [0, 0.05) is 65.9 Å². The number of nitrogens with zero attached hydrogens (tertiary/aromatic N) is 6. The second kappa shape index (κ2) is 33.3. The van der Waals surface area contributed by atoms with E-state index in [0.29, 0.717) is 11.8 Å². The first-order chi connectivity index (χ1) is 71.0. The van der Waals surface area contributed by atoms with Gasteiger partial charge in [-0.2, -0.15) is 0 Å². The Labute approximate surface area is 855 Å². The number of para-hydroxylation sites is 2. The summed E-state index contributed by atoms with van der Waals surface area (Å²) in [4.78, 5) is 10.3. The highest BCUT2D eigenvalue weighted by atomic mass is 32.1. The summed E-state index contributed by atoms with van der Waals surface area (Å²) in [6.45, 7) is 14.8. The molecule has 8 heteroatoms. The molecule has 145 heavy (non-hydrogen) atoms. The minimum absolute atomic E-state index is 0.0506. The molecule has 0 radical (unpaired) electrons. The summed E-state index contributed by atoms with van der Waals surface area (Å²) in [6.07, 6.45) is 21.3. The summed E-state index contributed by atoms with van der Waals surface area (Å²) < 4.78 is 6.10. The van der Waals surface area contributed by atoms with Crippen molar-refractivity contribution in [1.29, 1.82) is 0 Å². The van der Waals surface area contributed by atoms with Crippen LogP contribution in [0.15, 0.2) is 368 Å². The number of hydrogen-bond donors (Lipinski definition) is 0. The first kappa shape index (κ1) is 87.6. The summed E-state index contributed by atoms with van der Waals surface area (Å²) in [5.74, 6) is 11.3. The number of hydrogen-bond acceptors (Lipinski definition) is 8. The molecule has 3 aromatic heterocycles. The van der Waals surface area contributed by atoms with Crippen LogP contribution in [-0.2, 0) is 32.5 Å². The summed E-state index contributed by atoms with van der Waals surface area (Å²) in [5.41, 5.74) is 39.4. The fourth-order valence-corrected chi connectivity index (χ4v) is 34.2. The van der Waals surface area contributed by atoms with Crippen LogP contribution >= 0.6 is 11.3 Å². The van der Waals surface area contributed by atoms with Crippen LogP contribution < -0.4 is 0 Å². The van der Waals surface area contributed by atoms with Gasteiger partial charge in [-0.1, -0.05) is 344 Å². The molecule has 12 fully saturated rings. The molecule has 15 aliphatic carbocycles. The highest BCUT2D eigenvalue weighted by Gasteiger charge is 2.66. The number of rotatable bonds is 10. The van der Waals surface area contributed by atoms with E-state index >= 15 is 0 Å². The lowest BCUT2D eigenvalue weighted by Crippen LogP contribution is -2.58. The van der Waals surface area contributed by atoms with E-state index in [1.165, 1.54) is 162 Å². The van der Waals surface area contributed by atoms with E-state index in [0.717, 1.165) is 142 Å². The molecule has 16 aromatic carbocycles. The summed E-state index contributed by atoms with van der Waals surface area (Å²) in [5, 5.41) is 24.8. The van der Waals surface area contributed by atoms with E-state index in [2.05, 4.69) is 365 Å². The topological polar surface area (TPSA) is 90.5 Å². The smallest absolute Gasteiger partial charge is 0.248 e. The van der Waals surface area contributed by atoms with Crippen molar-refractivity contribution in [3.8, 4) is 111 Å². The van der Waals surface area contributed by atoms with Gasteiger partial charge in [0.2, 0.25) is 11.8 Å². The second-order valence-corrected chi connectivity index (χ2v) is 48.3. The Kier molecular flexibility index (Phi) is 20.1. The average Bonchev–Trinajstić information content (AvgIpc) is 1.09. The van der Waals surface area contributed by atoms with Crippen molar-refractivity contribution in [2.45, 2.75) is 170 Å². The predicted molar refractivity (Wildman–Crippen MR) is 592 cm³/mol. The predicted octanol–water partition coefficient (Wildman–Crippen LogP) is 34.4. The van der Waals surface area contributed by atoms with Crippen LogP contribution in [0.1, 0.15) is 205 Å². The van der Waals surface area contributed by atoms with Gasteiger partial charge in [0.1, 0.15) is 10.0 Å². The third kappa shape index (κ3) is 13.5. The minimum Gasteiger partial charge on any atom is -0.416 e. The summed E-state index contributed by atoms with van der Waals surface area (Å²) in [7, 11) is 0. The molecule has 12 saturated carbocycles. The molecule has 0 N–H and O–H groups in total. The molecule has 34 rings (SSSR count). The van der Waals surface area contributed by atoms with Crippen molar-refractivity contribution in [2.24, 2.45) is 71.0 Å². The van der Waals surface area contributed by atoms with Gasteiger partial charge in [0.25, 0.3) is 0 Å². The number of fused-ring (bicyclic) bond motifs is 9. The number of aromatic nitrogens is 6. The minimum atomic E-state index is -0.0591. The largest absolute Gasteiger partial charge is 0.416 e. The molecule has 3 spiro atoms. The summed E-state index contributed by atoms with van der Waals surface area (Å²) in [6, 6.07) is 135. The van der Waals surface area contributed by atoms with Crippen molar-refractivity contribution in [1.82, 2.24) is 30.4 Å². The van der Waals surface area contributed by atoms with E-state index in [9.17, 15) is 0 Å². The van der Waals surface area contributed by atoms with Gasteiger partial charge in [-0.25, -0.2) is 9.97 Å². The highest BCUT2D eigenvalue weighted by Crippen LogP contribution is 2.73. The quantitative estimate of drug-likeness (QED) is 0.135. The van der Waals surface area contributed by atoms with Gasteiger partial charge in [-0.3, -0.25) is 0 Å². The van der Waals surface area contributed by atoms with Gasteiger partial charge in [0.05, 0.1) is 22.4 Å². The fourth-order valence-electron chi connectivity index (χ4n) is 33.3. The van der Waals surface area contributed by atoms with Gasteiger partial charge in [-0.15, -0.1) is 20.4 Å². The molecular formula is C137H120N6OS. The van der Waals surface area contributed by atoms with Gasteiger partial charge < -0.3 is 4.42 Å². The molecule has 0 atom stereocenters. The molecule has 0 unspecified atom stereocenters. The first-order valence-electron chi connectivity index (χ1n) is 54.1. The molecule has 710 valence electrons. The Morgan fingerprint density at radius 3 is 0.972 bits per heavy atom. The Balaban J connectivity index is 0.000000103. The lowest BCUT2D eigenvalue weighted by atomic mass is 9.39. The Morgan fingerprint density at radius 2 is 0.517 bits per heavy atom. The SMILES string of the molecule is CC1(C)c2ccccc2C2(c3ccc(-c4ccc(-c5nnc(-c6ccccc6)s5)c5ccccc45)cc31)C1CC3CC(C1)CC2C3.CC1(C)c2ccccc2C2(c3ccc(-c4ccc5cc(-c6nc7ccccc7nc6-c6ccccc6)ccc5c4)cc31)C1CC3CC(C1)CC2C3.CC1(C)c2ccccc2C2(c3ccc(-c4cccc(-c5cccc(-c6nnc(-c7ccccc7)o6)c5)c4)cc31)C1CC3CC(C1)CC2C3. The van der Waals surface area contributed by atoms with Crippen molar-refractivity contribution >= 4 is 43.9 Å². The maximum Gasteiger partial charge on any atom is 0.248 e.